The SMILES string of the molecule is CCc1cccc(-c2cnc(C(=O)N3CCC(OC4CCN(CC(=O)N5CCN(C(=O)c6cc(Cc7n[nH]c(=O)c8ccccc78)ccc6F)CC5)CC4)CC3)c(N)c2)c1. The quantitative estimate of drug-likeness (QED) is 0.200. The fourth-order valence-electron chi connectivity index (χ4n) is 8.58. The van der Waals surface area contributed by atoms with Crippen LogP contribution in [0.15, 0.2) is 83.8 Å². The number of nitrogens with two attached hydrogens (primary N) is 1. The number of hydrogen-bond acceptors (Lipinski definition) is 9. The van der Waals surface area contributed by atoms with Crippen molar-refractivity contribution in [1.29, 1.82) is 0 Å². The number of amides is 3. The highest BCUT2D eigenvalue weighted by Gasteiger charge is 2.31. The van der Waals surface area contributed by atoms with E-state index in [0.717, 1.165) is 56.3 Å². The molecule has 3 amide bonds. The largest absolute Gasteiger partial charge is 0.397 e. The number of anilines is 1. The molecular weight excluding hydrogens is 764 g/mol. The summed E-state index contributed by atoms with van der Waals surface area (Å²) in [5.41, 5.74) is 11.2. The van der Waals surface area contributed by atoms with Crippen LogP contribution in [-0.4, -0.2) is 124 Å². The van der Waals surface area contributed by atoms with Crippen molar-refractivity contribution < 1.29 is 23.5 Å². The van der Waals surface area contributed by atoms with Gasteiger partial charge in [-0.1, -0.05) is 55.5 Å². The highest BCUT2D eigenvalue weighted by atomic mass is 19.1. The molecule has 0 atom stereocenters. The lowest BCUT2D eigenvalue weighted by atomic mass is 10.0. The first-order valence-electron chi connectivity index (χ1n) is 21.0. The Morgan fingerprint density at radius 2 is 1.45 bits per heavy atom. The molecule has 3 aromatic carbocycles. The second-order valence-corrected chi connectivity index (χ2v) is 16.0. The van der Waals surface area contributed by atoms with Crippen molar-refractivity contribution in [2.45, 2.75) is 57.7 Å². The molecule has 3 fully saturated rings. The number of carbonyl (C=O) groups is 3. The van der Waals surface area contributed by atoms with Gasteiger partial charge in [-0.2, -0.15) is 5.10 Å². The van der Waals surface area contributed by atoms with E-state index < -0.39 is 11.7 Å². The Bertz CT molecular complexity index is 2430. The highest BCUT2D eigenvalue weighted by molar-refractivity contribution is 5.98. The van der Waals surface area contributed by atoms with Gasteiger partial charge in [0.1, 0.15) is 5.82 Å². The lowest BCUT2D eigenvalue weighted by Crippen LogP contribution is -2.53. The summed E-state index contributed by atoms with van der Waals surface area (Å²) in [6, 6.07) is 21.7. The van der Waals surface area contributed by atoms with Crippen LogP contribution in [0.5, 0.6) is 0 Å². The number of halogens is 1. The third-order valence-electron chi connectivity index (χ3n) is 12.1. The molecule has 5 heterocycles. The number of H-pyrrole nitrogens is 1. The third-order valence-corrected chi connectivity index (χ3v) is 12.1. The third kappa shape index (κ3) is 9.09. The second kappa shape index (κ2) is 18.1. The standard InChI is InChI=1S/C46H51FN8O5/c1-2-30-6-5-7-32(24-30)33-27-40(48)43(49-28-33)46(59)54-18-14-35(15-19-54)60-34-12-16-52(17-13-34)29-42(56)53-20-22-55(23-21-53)45(58)38-25-31(10-11-39(38)47)26-41-36-8-3-4-9-37(36)44(57)51-50-41/h3-11,24-25,27-28,34-35H,2,12-23,26,29,48H2,1H3,(H,51,57). The molecule has 8 rings (SSSR count). The van der Waals surface area contributed by atoms with Crippen molar-refractivity contribution in [1.82, 2.24) is 34.8 Å². The van der Waals surface area contributed by atoms with E-state index in [2.05, 4.69) is 39.1 Å². The summed E-state index contributed by atoms with van der Waals surface area (Å²) in [5, 5.41) is 7.97. The molecule has 312 valence electrons. The molecule has 0 aliphatic carbocycles. The molecule has 0 bridgehead atoms. The maximum atomic E-state index is 15.0. The maximum absolute atomic E-state index is 15.0. The van der Waals surface area contributed by atoms with Gasteiger partial charge in [-0.15, -0.1) is 0 Å². The molecule has 3 N–H and O–H groups in total. The Labute approximate surface area is 348 Å². The van der Waals surface area contributed by atoms with Gasteiger partial charge in [0, 0.05) is 75.9 Å². The first-order chi connectivity index (χ1) is 29.1. The number of carbonyl (C=O) groups excluding carboxylic acids is 3. The Balaban J connectivity index is 0.757. The second-order valence-electron chi connectivity index (χ2n) is 16.0. The lowest BCUT2D eigenvalue weighted by molar-refractivity contribution is -0.135. The average molecular weight is 815 g/mol. The van der Waals surface area contributed by atoms with Crippen molar-refractivity contribution in [2.75, 3.05) is 64.6 Å². The van der Waals surface area contributed by atoms with Crippen molar-refractivity contribution in [2.24, 2.45) is 0 Å². The van der Waals surface area contributed by atoms with Crippen LogP contribution >= 0.6 is 0 Å². The van der Waals surface area contributed by atoms with E-state index in [1.54, 1.807) is 40.3 Å². The predicted molar refractivity (Wildman–Crippen MR) is 227 cm³/mol. The van der Waals surface area contributed by atoms with E-state index in [9.17, 15) is 19.2 Å². The van der Waals surface area contributed by atoms with Gasteiger partial charge < -0.3 is 25.2 Å². The molecule has 0 radical (unpaired) electrons. The summed E-state index contributed by atoms with van der Waals surface area (Å²) in [4.78, 5) is 64.3. The zero-order valence-corrected chi connectivity index (χ0v) is 33.9. The Morgan fingerprint density at radius 3 is 2.17 bits per heavy atom. The molecule has 14 heteroatoms. The van der Waals surface area contributed by atoms with Gasteiger partial charge in [0.2, 0.25) is 5.91 Å². The zero-order chi connectivity index (χ0) is 41.8. The molecule has 2 aromatic heterocycles. The number of piperazine rings is 1. The van der Waals surface area contributed by atoms with E-state index in [1.807, 2.05) is 35.2 Å². The minimum atomic E-state index is -0.607. The summed E-state index contributed by atoms with van der Waals surface area (Å²) >= 11 is 0. The number of nitrogens with one attached hydrogen (secondary N) is 1. The number of ether oxygens (including phenoxy) is 1. The number of piperidine rings is 2. The van der Waals surface area contributed by atoms with Crippen LogP contribution in [0.1, 0.15) is 70.3 Å². The summed E-state index contributed by atoms with van der Waals surface area (Å²) < 4.78 is 21.5. The minimum absolute atomic E-state index is 0.0165. The van der Waals surface area contributed by atoms with Crippen LogP contribution in [0.4, 0.5) is 10.1 Å². The van der Waals surface area contributed by atoms with Gasteiger partial charge in [0.15, 0.2) is 5.69 Å². The van der Waals surface area contributed by atoms with E-state index in [-0.39, 0.29) is 40.8 Å². The summed E-state index contributed by atoms with van der Waals surface area (Å²) in [5.74, 6) is -1.16. The molecule has 60 heavy (non-hydrogen) atoms. The number of aryl methyl sites for hydroxylation is 1. The molecule has 3 aliphatic rings. The fourth-order valence-corrected chi connectivity index (χ4v) is 8.58. The van der Waals surface area contributed by atoms with Crippen molar-refractivity contribution >= 4 is 34.2 Å². The number of nitrogens with zero attached hydrogens (tertiary/aromatic N) is 6. The van der Waals surface area contributed by atoms with Gasteiger partial charge >= 0.3 is 0 Å². The molecule has 0 saturated carbocycles. The number of hydrogen-bond donors (Lipinski definition) is 2. The van der Waals surface area contributed by atoms with Gasteiger partial charge in [-0.05, 0) is 73.1 Å². The van der Waals surface area contributed by atoms with Crippen LogP contribution in [0.25, 0.3) is 21.9 Å². The van der Waals surface area contributed by atoms with Crippen LogP contribution in [-0.2, 0) is 22.4 Å². The maximum Gasteiger partial charge on any atom is 0.274 e. The molecule has 0 spiro atoms. The summed E-state index contributed by atoms with van der Waals surface area (Å²) in [6.45, 7) is 6.43. The van der Waals surface area contributed by atoms with Crippen LogP contribution < -0.4 is 11.3 Å². The molecule has 0 unspecified atom stereocenters. The molecule has 5 aromatic rings. The fraction of sp³-hybridized carbons (Fsp3) is 0.391. The molecule has 13 nitrogen and oxygen atoms in total. The number of fused-ring (bicyclic) bond motifs is 1. The number of aromatic nitrogens is 3. The van der Waals surface area contributed by atoms with Gasteiger partial charge in [-0.3, -0.25) is 24.1 Å². The number of benzene rings is 3. The smallest absolute Gasteiger partial charge is 0.274 e. The van der Waals surface area contributed by atoms with E-state index in [4.69, 9.17) is 10.5 Å². The van der Waals surface area contributed by atoms with E-state index >= 15 is 4.39 Å². The van der Waals surface area contributed by atoms with Crippen molar-refractivity contribution in [3.05, 3.63) is 123 Å². The average Bonchev–Trinajstić information content (AvgIpc) is 3.28. The topological polar surface area (TPSA) is 158 Å². The van der Waals surface area contributed by atoms with Crippen LogP contribution in [0, 0.1) is 5.82 Å². The summed E-state index contributed by atoms with van der Waals surface area (Å²) in [7, 11) is 0. The first-order valence-corrected chi connectivity index (χ1v) is 21.0. The number of nitrogen functional groups attached to an aromatic ring is 1. The van der Waals surface area contributed by atoms with Gasteiger partial charge in [-0.25, -0.2) is 14.5 Å². The van der Waals surface area contributed by atoms with Gasteiger partial charge in [0.25, 0.3) is 17.4 Å². The van der Waals surface area contributed by atoms with E-state index in [1.165, 1.54) is 11.6 Å². The zero-order valence-electron chi connectivity index (χ0n) is 33.9. The van der Waals surface area contributed by atoms with Gasteiger partial charge in [0.05, 0.1) is 41.1 Å². The van der Waals surface area contributed by atoms with Crippen molar-refractivity contribution in [3.63, 3.8) is 0 Å². The van der Waals surface area contributed by atoms with E-state index in [0.29, 0.717) is 80.0 Å². The number of aromatic amines is 1. The number of likely N-dealkylation sites (tertiary alicyclic amines) is 2. The Hall–Kier alpha value is -5.99. The molecular formula is C46H51FN8O5. The van der Waals surface area contributed by atoms with Crippen LogP contribution in [0.2, 0.25) is 0 Å². The summed E-state index contributed by atoms with van der Waals surface area (Å²) in [6.07, 6.45) is 6.25. The number of pyridine rings is 1. The molecule has 3 aliphatic heterocycles. The molecule has 3 saturated heterocycles. The monoisotopic (exact) mass is 814 g/mol. The number of rotatable bonds is 10. The highest BCUT2D eigenvalue weighted by Crippen LogP contribution is 2.27. The van der Waals surface area contributed by atoms with Crippen LogP contribution in [0.3, 0.4) is 0 Å². The normalized spacial score (nSPS) is 17.0. The minimum Gasteiger partial charge on any atom is -0.397 e. The lowest BCUT2D eigenvalue weighted by Gasteiger charge is -2.38. The van der Waals surface area contributed by atoms with Crippen molar-refractivity contribution in [3.8, 4) is 11.1 Å². The Morgan fingerprint density at radius 1 is 0.767 bits per heavy atom. The first kappa shape index (κ1) is 40.8. The Kier molecular flexibility index (Phi) is 12.3. The predicted octanol–water partition coefficient (Wildman–Crippen LogP) is 4.93.